The van der Waals surface area contributed by atoms with Gasteiger partial charge in [-0.1, -0.05) is 18.2 Å². The summed E-state index contributed by atoms with van der Waals surface area (Å²) < 4.78 is 19.1. The van der Waals surface area contributed by atoms with E-state index in [1.807, 2.05) is 41.4 Å². The molecule has 5 rings (SSSR count). The average molecular weight is 415 g/mol. The maximum absolute atomic E-state index is 13.7. The minimum absolute atomic E-state index is 0.0170. The number of aromatic amines is 1. The monoisotopic (exact) mass is 415 g/mol. The van der Waals surface area contributed by atoms with Crippen LogP contribution in [-0.4, -0.2) is 47.1 Å². The van der Waals surface area contributed by atoms with Gasteiger partial charge in [0.05, 0.1) is 13.2 Å². The Kier molecular flexibility index (Phi) is 5.00. The van der Waals surface area contributed by atoms with Gasteiger partial charge in [-0.25, -0.2) is 9.37 Å². The first-order valence-electron chi connectivity index (χ1n) is 10.3. The third-order valence-corrected chi connectivity index (χ3v) is 5.74. The van der Waals surface area contributed by atoms with Crippen LogP contribution in [0.4, 0.5) is 4.39 Å². The van der Waals surface area contributed by atoms with E-state index in [9.17, 15) is 9.18 Å². The first-order valence-corrected chi connectivity index (χ1v) is 10.3. The van der Waals surface area contributed by atoms with E-state index in [4.69, 9.17) is 4.74 Å². The summed E-state index contributed by atoms with van der Waals surface area (Å²) in [5.74, 6) is -0.201. The summed E-state index contributed by atoms with van der Waals surface area (Å²) in [6.07, 6.45) is 3.70. The van der Waals surface area contributed by atoms with Gasteiger partial charge in [-0.15, -0.1) is 0 Å². The number of hydrogen-bond donors (Lipinski definition) is 1. The SMILES string of the molecule is Cc1cc(-c2c[nH]c3ncc(-c4cccc(C(=O)N5CCOCC5)c4)cc23)ccc1F. The lowest BCUT2D eigenvalue weighted by Crippen LogP contribution is -2.40. The van der Waals surface area contributed by atoms with Crippen LogP contribution < -0.4 is 0 Å². The number of rotatable bonds is 3. The van der Waals surface area contributed by atoms with Gasteiger partial charge in [-0.3, -0.25) is 4.79 Å². The van der Waals surface area contributed by atoms with Crippen molar-refractivity contribution in [1.29, 1.82) is 0 Å². The molecule has 0 spiro atoms. The lowest BCUT2D eigenvalue weighted by Gasteiger charge is -2.27. The van der Waals surface area contributed by atoms with Gasteiger partial charge in [-0.05, 0) is 53.9 Å². The smallest absolute Gasteiger partial charge is 0.254 e. The molecule has 1 N–H and O–H groups in total. The molecule has 31 heavy (non-hydrogen) atoms. The molecule has 1 fully saturated rings. The first kappa shape index (κ1) is 19.5. The number of nitrogens with zero attached hydrogens (tertiary/aromatic N) is 2. The molecule has 1 amide bonds. The molecule has 1 aliphatic rings. The van der Waals surface area contributed by atoms with Crippen LogP contribution in [0.2, 0.25) is 0 Å². The van der Waals surface area contributed by atoms with Crippen molar-refractivity contribution < 1.29 is 13.9 Å². The molecular weight excluding hydrogens is 393 g/mol. The Balaban J connectivity index is 1.52. The number of nitrogens with one attached hydrogen (secondary N) is 1. The fourth-order valence-corrected chi connectivity index (χ4v) is 3.99. The molecule has 0 saturated carbocycles. The van der Waals surface area contributed by atoms with Crippen LogP contribution in [-0.2, 0) is 4.74 Å². The Morgan fingerprint density at radius 2 is 1.90 bits per heavy atom. The number of H-pyrrole nitrogens is 1. The highest BCUT2D eigenvalue weighted by Gasteiger charge is 2.19. The second-order valence-electron chi connectivity index (χ2n) is 7.77. The molecule has 2 aromatic carbocycles. The minimum Gasteiger partial charge on any atom is -0.378 e. The highest BCUT2D eigenvalue weighted by atomic mass is 19.1. The van der Waals surface area contributed by atoms with Gasteiger partial charge in [0.15, 0.2) is 0 Å². The van der Waals surface area contributed by atoms with Crippen molar-refractivity contribution in [1.82, 2.24) is 14.9 Å². The maximum atomic E-state index is 13.7. The van der Waals surface area contributed by atoms with Crippen molar-refractivity contribution in [2.45, 2.75) is 6.92 Å². The molecule has 2 aromatic heterocycles. The van der Waals surface area contributed by atoms with Gasteiger partial charge in [0.1, 0.15) is 11.5 Å². The highest BCUT2D eigenvalue weighted by Crippen LogP contribution is 2.32. The highest BCUT2D eigenvalue weighted by molar-refractivity contribution is 5.98. The summed E-state index contributed by atoms with van der Waals surface area (Å²) in [5.41, 5.74) is 5.77. The van der Waals surface area contributed by atoms with Crippen LogP contribution >= 0.6 is 0 Å². The topological polar surface area (TPSA) is 58.2 Å². The van der Waals surface area contributed by atoms with Gasteiger partial charge in [-0.2, -0.15) is 0 Å². The van der Waals surface area contributed by atoms with Crippen LogP contribution in [0.3, 0.4) is 0 Å². The number of amides is 1. The number of fused-ring (bicyclic) bond motifs is 1. The molecule has 3 heterocycles. The summed E-state index contributed by atoms with van der Waals surface area (Å²) in [6.45, 7) is 4.13. The van der Waals surface area contributed by atoms with E-state index in [-0.39, 0.29) is 11.7 Å². The van der Waals surface area contributed by atoms with Crippen LogP contribution in [0.25, 0.3) is 33.3 Å². The summed E-state index contributed by atoms with van der Waals surface area (Å²) in [4.78, 5) is 22.5. The Bertz CT molecular complexity index is 1270. The van der Waals surface area contributed by atoms with Crippen molar-refractivity contribution in [3.8, 4) is 22.3 Å². The Morgan fingerprint density at radius 1 is 1.06 bits per heavy atom. The lowest BCUT2D eigenvalue weighted by atomic mass is 10.00. The van der Waals surface area contributed by atoms with Crippen molar-refractivity contribution in [2.75, 3.05) is 26.3 Å². The van der Waals surface area contributed by atoms with E-state index in [1.54, 1.807) is 19.2 Å². The van der Waals surface area contributed by atoms with E-state index >= 15 is 0 Å². The first-order chi connectivity index (χ1) is 15.1. The Labute approximate surface area is 179 Å². The van der Waals surface area contributed by atoms with Gasteiger partial charge >= 0.3 is 0 Å². The largest absolute Gasteiger partial charge is 0.378 e. The second kappa shape index (κ2) is 7.96. The quantitative estimate of drug-likeness (QED) is 0.522. The number of morpholine rings is 1. The van der Waals surface area contributed by atoms with Gasteiger partial charge in [0, 0.05) is 47.6 Å². The fourth-order valence-electron chi connectivity index (χ4n) is 3.99. The van der Waals surface area contributed by atoms with Crippen LogP contribution in [0.1, 0.15) is 15.9 Å². The molecule has 5 nitrogen and oxygen atoms in total. The van der Waals surface area contributed by atoms with Crippen molar-refractivity contribution >= 4 is 16.9 Å². The number of carbonyl (C=O) groups is 1. The third kappa shape index (κ3) is 3.70. The average Bonchev–Trinajstić information content (AvgIpc) is 3.24. The van der Waals surface area contributed by atoms with Crippen LogP contribution in [0.15, 0.2) is 60.9 Å². The number of ether oxygens (including phenoxy) is 1. The standard InChI is InChI=1S/C25H22FN3O2/c1-16-11-18(5-6-23(16)26)22-15-28-24-21(22)13-20(14-27-24)17-3-2-4-19(12-17)25(30)29-7-9-31-10-8-29/h2-6,11-15H,7-10H2,1H3,(H,27,28). The number of aryl methyl sites for hydroxylation is 1. The third-order valence-electron chi connectivity index (χ3n) is 5.74. The van der Waals surface area contributed by atoms with Crippen molar-refractivity contribution in [2.24, 2.45) is 0 Å². The minimum atomic E-state index is -0.218. The predicted molar refractivity (Wildman–Crippen MR) is 118 cm³/mol. The number of halogens is 1. The Hall–Kier alpha value is -3.51. The molecule has 0 unspecified atom stereocenters. The molecule has 0 aliphatic carbocycles. The number of pyridine rings is 1. The van der Waals surface area contributed by atoms with Crippen LogP contribution in [0.5, 0.6) is 0 Å². The van der Waals surface area contributed by atoms with Gasteiger partial charge in [0.2, 0.25) is 0 Å². The van der Waals surface area contributed by atoms with Crippen LogP contribution in [0, 0.1) is 12.7 Å². The molecule has 156 valence electrons. The molecule has 0 bridgehead atoms. The summed E-state index contributed by atoms with van der Waals surface area (Å²) in [6, 6.07) is 14.8. The zero-order chi connectivity index (χ0) is 21.4. The predicted octanol–water partition coefficient (Wildman–Crippen LogP) is 4.82. The van der Waals surface area contributed by atoms with Gasteiger partial charge in [0.25, 0.3) is 5.91 Å². The Morgan fingerprint density at radius 3 is 2.71 bits per heavy atom. The van der Waals surface area contributed by atoms with Crippen molar-refractivity contribution in [3.63, 3.8) is 0 Å². The molecule has 0 atom stereocenters. The molecular formula is C25H22FN3O2. The number of carbonyl (C=O) groups excluding carboxylic acids is 1. The van der Waals surface area contributed by atoms with E-state index in [1.165, 1.54) is 6.07 Å². The molecule has 6 heteroatoms. The number of aromatic nitrogens is 2. The van der Waals surface area contributed by atoms with E-state index in [2.05, 4.69) is 16.0 Å². The fraction of sp³-hybridized carbons (Fsp3) is 0.200. The maximum Gasteiger partial charge on any atom is 0.254 e. The van der Waals surface area contributed by atoms with E-state index < -0.39 is 0 Å². The summed E-state index contributed by atoms with van der Waals surface area (Å²) >= 11 is 0. The molecule has 1 saturated heterocycles. The molecule has 4 aromatic rings. The summed E-state index contributed by atoms with van der Waals surface area (Å²) in [7, 11) is 0. The zero-order valence-electron chi connectivity index (χ0n) is 17.2. The van der Waals surface area contributed by atoms with E-state index in [0.717, 1.165) is 33.3 Å². The summed E-state index contributed by atoms with van der Waals surface area (Å²) in [5, 5.41) is 0.952. The normalized spacial score (nSPS) is 14.2. The van der Waals surface area contributed by atoms with Crippen molar-refractivity contribution in [3.05, 3.63) is 77.9 Å². The second-order valence-corrected chi connectivity index (χ2v) is 7.77. The number of benzene rings is 2. The van der Waals surface area contributed by atoms with Gasteiger partial charge < -0.3 is 14.6 Å². The molecule has 1 aliphatic heterocycles. The lowest BCUT2D eigenvalue weighted by molar-refractivity contribution is 0.0303. The van der Waals surface area contributed by atoms with E-state index in [0.29, 0.717) is 37.4 Å². The molecule has 0 radical (unpaired) electrons. The zero-order valence-corrected chi connectivity index (χ0v) is 17.2. The number of hydrogen-bond acceptors (Lipinski definition) is 3.